The molecule has 2 saturated heterocycles. The average Bonchev–Trinajstić information content (AvgIpc) is 3.20. The summed E-state index contributed by atoms with van der Waals surface area (Å²) in [6.07, 6.45) is 2.38. The Kier molecular flexibility index (Phi) is 4.93. The monoisotopic (exact) mass is 401 g/mol. The number of nitrogens with zero attached hydrogens (tertiary/aromatic N) is 1. The summed E-state index contributed by atoms with van der Waals surface area (Å²) in [5, 5.41) is 2.46. The number of rotatable bonds is 4. The summed E-state index contributed by atoms with van der Waals surface area (Å²) in [4.78, 5) is 14.2. The number of hydrogen-bond acceptors (Lipinski definition) is 4. The van der Waals surface area contributed by atoms with Crippen molar-refractivity contribution in [1.29, 1.82) is 0 Å². The van der Waals surface area contributed by atoms with Crippen LogP contribution in [-0.2, 0) is 14.8 Å². The van der Waals surface area contributed by atoms with Gasteiger partial charge in [-0.15, -0.1) is 0 Å². The summed E-state index contributed by atoms with van der Waals surface area (Å²) < 4.78 is 28.4. The number of sulfonamides is 1. The van der Waals surface area contributed by atoms with Crippen molar-refractivity contribution in [2.75, 3.05) is 24.4 Å². The molecule has 6 nitrogen and oxygen atoms in total. The molecule has 1 amide bonds. The van der Waals surface area contributed by atoms with Crippen molar-refractivity contribution in [1.82, 2.24) is 10.2 Å². The highest BCUT2D eigenvalue weighted by molar-refractivity contribution is 9.10. The smallest absolute Gasteiger partial charge is 0.239 e. The third kappa shape index (κ3) is 3.70. The first kappa shape index (κ1) is 16.7. The third-order valence-electron chi connectivity index (χ3n) is 4.37. The highest BCUT2D eigenvalue weighted by Crippen LogP contribution is 2.25. The molecule has 2 atom stereocenters. The van der Waals surface area contributed by atoms with Crippen LogP contribution in [0.4, 0.5) is 5.69 Å². The van der Waals surface area contributed by atoms with Gasteiger partial charge in [-0.25, -0.2) is 8.42 Å². The molecule has 2 N–H and O–H groups in total. The van der Waals surface area contributed by atoms with Gasteiger partial charge in [-0.1, -0.05) is 12.1 Å². The van der Waals surface area contributed by atoms with Crippen LogP contribution in [0.3, 0.4) is 0 Å². The van der Waals surface area contributed by atoms with Gasteiger partial charge in [-0.2, -0.15) is 0 Å². The molecule has 23 heavy (non-hydrogen) atoms. The quantitative estimate of drug-likeness (QED) is 0.801. The van der Waals surface area contributed by atoms with E-state index in [2.05, 4.69) is 26.0 Å². The van der Waals surface area contributed by atoms with E-state index in [1.165, 1.54) is 0 Å². The van der Waals surface area contributed by atoms with Crippen LogP contribution in [-0.4, -0.2) is 50.2 Å². The van der Waals surface area contributed by atoms with Gasteiger partial charge in [-0.05, 0) is 47.3 Å². The lowest BCUT2D eigenvalue weighted by Gasteiger charge is -2.20. The fourth-order valence-corrected chi connectivity index (χ4v) is 4.99. The molecule has 2 unspecified atom stereocenters. The van der Waals surface area contributed by atoms with Crippen molar-refractivity contribution in [2.24, 2.45) is 0 Å². The fraction of sp³-hybridized carbons (Fsp3) is 0.533. The van der Waals surface area contributed by atoms with E-state index < -0.39 is 21.3 Å². The molecule has 0 aromatic heterocycles. The standard InChI is InChI=1S/C15H20BrN3O3S/c16-12-5-1-2-6-13(12)18-23(21,22)11-9-14(17-10-11)15(20)19-7-3-4-8-19/h1-2,5-6,11,14,17-18H,3-4,7-10H2. The zero-order valence-electron chi connectivity index (χ0n) is 12.7. The van der Waals surface area contributed by atoms with Gasteiger partial charge in [0, 0.05) is 24.1 Å². The number of anilines is 1. The van der Waals surface area contributed by atoms with Gasteiger partial charge in [0.25, 0.3) is 0 Å². The predicted octanol–water partition coefficient (Wildman–Crippen LogP) is 1.54. The lowest BCUT2D eigenvalue weighted by Crippen LogP contribution is -2.42. The first-order valence-electron chi connectivity index (χ1n) is 7.76. The molecule has 2 aliphatic heterocycles. The van der Waals surface area contributed by atoms with Gasteiger partial charge in [0.2, 0.25) is 15.9 Å². The van der Waals surface area contributed by atoms with Gasteiger partial charge in [0.1, 0.15) is 0 Å². The number of carbonyl (C=O) groups excluding carboxylic acids is 1. The molecule has 1 aromatic rings. The first-order valence-corrected chi connectivity index (χ1v) is 10.1. The van der Waals surface area contributed by atoms with Crippen LogP contribution < -0.4 is 10.0 Å². The number of para-hydroxylation sites is 1. The third-order valence-corrected chi connectivity index (χ3v) is 6.80. The van der Waals surface area contributed by atoms with Crippen molar-refractivity contribution in [3.63, 3.8) is 0 Å². The molecular formula is C15H20BrN3O3S. The average molecular weight is 402 g/mol. The minimum atomic E-state index is -3.54. The van der Waals surface area contributed by atoms with E-state index >= 15 is 0 Å². The van der Waals surface area contributed by atoms with E-state index in [1.54, 1.807) is 18.2 Å². The van der Waals surface area contributed by atoms with E-state index in [0.717, 1.165) is 25.9 Å². The Morgan fingerprint density at radius 3 is 2.65 bits per heavy atom. The molecule has 3 rings (SSSR count). The zero-order chi connectivity index (χ0) is 16.4. The Balaban J connectivity index is 1.65. The second-order valence-electron chi connectivity index (χ2n) is 5.98. The number of amides is 1. The molecule has 126 valence electrons. The van der Waals surface area contributed by atoms with E-state index in [9.17, 15) is 13.2 Å². The number of nitrogens with one attached hydrogen (secondary N) is 2. The summed E-state index contributed by atoms with van der Waals surface area (Å²) in [7, 11) is -3.54. The van der Waals surface area contributed by atoms with Gasteiger partial charge >= 0.3 is 0 Å². The molecule has 0 radical (unpaired) electrons. The molecule has 0 saturated carbocycles. The van der Waals surface area contributed by atoms with Crippen LogP contribution in [0.15, 0.2) is 28.7 Å². The minimum absolute atomic E-state index is 0.0288. The van der Waals surface area contributed by atoms with Crippen LogP contribution in [0.1, 0.15) is 19.3 Å². The van der Waals surface area contributed by atoms with Crippen LogP contribution >= 0.6 is 15.9 Å². The normalized spacial score (nSPS) is 24.8. The maximum Gasteiger partial charge on any atom is 0.239 e. The Bertz CT molecular complexity index is 689. The van der Waals surface area contributed by atoms with Crippen molar-refractivity contribution >= 4 is 37.5 Å². The Labute approximate surface area is 144 Å². The van der Waals surface area contributed by atoms with Gasteiger partial charge < -0.3 is 10.2 Å². The van der Waals surface area contributed by atoms with Gasteiger partial charge in [0.15, 0.2) is 0 Å². The van der Waals surface area contributed by atoms with Crippen molar-refractivity contribution in [3.8, 4) is 0 Å². The lowest BCUT2D eigenvalue weighted by molar-refractivity contribution is -0.131. The molecule has 2 aliphatic rings. The number of halogens is 1. The molecule has 0 aliphatic carbocycles. The van der Waals surface area contributed by atoms with Gasteiger partial charge in [0.05, 0.1) is 17.0 Å². The Hall–Kier alpha value is -1.12. The summed E-state index contributed by atoms with van der Waals surface area (Å²) in [5.74, 6) is 0.0288. The highest BCUT2D eigenvalue weighted by atomic mass is 79.9. The number of benzene rings is 1. The summed E-state index contributed by atoms with van der Waals surface area (Å²) in [6.45, 7) is 1.86. The zero-order valence-corrected chi connectivity index (χ0v) is 15.1. The summed E-state index contributed by atoms with van der Waals surface area (Å²) >= 11 is 3.33. The second-order valence-corrected chi connectivity index (χ2v) is 8.79. The minimum Gasteiger partial charge on any atom is -0.341 e. The van der Waals surface area contributed by atoms with E-state index in [-0.39, 0.29) is 5.91 Å². The maximum absolute atomic E-state index is 12.5. The van der Waals surface area contributed by atoms with Crippen molar-refractivity contribution in [2.45, 2.75) is 30.6 Å². The number of hydrogen-bond donors (Lipinski definition) is 2. The lowest BCUT2D eigenvalue weighted by atomic mass is 10.2. The predicted molar refractivity (Wildman–Crippen MR) is 92.7 cm³/mol. The topological polar surface area (TPSA) is 78.5 Å². The number of likely N-dealkylation sites (tertiary alicyclic amines) is 1. The largest absolute Gasteiger partial charge is 0.341 e. The first-order chi connectivity index (χ1) is 11.0. The second kappa shape index (κ2) is 6.78. The molecule has 0 spiro atoms. The number of carbonyl (C=O) groups is 1. The SMILES string of the molecule is O=C(C1CC(S(=O)(=O)Nc2ccccc2Br)CN1)N1CCCC1. The Morgan fingerprint density at radius 1 is 1.26 bits per heavy atom. The maximum atomic E-state index is 12.5. The van der Waals surface area contributed by atoms with Crippen LogP contribution in [0, 0.1) is 0 Å². The molecule has 0 bridgehead atoms. The van der Waals surface area contributed by atoms with E-state index in [4.69, 9.17) is 0 Å². The summed E-state index contributed by atoms with van der Waals surface area (Å²) in [6, 6.07) is 6.69. The van der Waals surface area contributed by atoms with Crippen LogP contribution in [0.25, 0.3) is 0 Å². The van der Waals surface area contributed by atoms with Crippen molar-refractivity contribution < 1.29 is 13.2 Å². The molecule has 1 aromatic carbocycles. The van der Waals surface area contributed by atoms with Gasteiger partial charge in [-0.3, -0.25) is 9.52 Å². The molecule has 2 heterocycles. The summed E-state index contributed by atoms with van der Waals surface area (Å²) in [5.41, 5.74) is 0.516. The molecular weight excluding hydrogens is 382 g/mol. The fourth-order valence-electron chi connectivity index (χ4n) is 3.07. The Morgan fingerprint density at radius 2 is 1.96 bits per heavy atom. The van der Waals surface area contributed by atoms with Crippen LogP contribution in [0.5, 0.6) is 0 Å². The molecule has 2 fully saturated rings. The van der Waals surface area contributed by atoms with E-state index in [0.29, 0.717) is 23.1 Å². The van der Waals surface area contributed by atoms with E-state index in [1.807, 2.05) is 11.0 Å². The highest BCUT2D eigenvalue weighted by Gasteiger charge is 2.39. The molecule has 8 heteroatoms. The van der Waals surface area contributed by atoms with Crippen LogP contribution in [0.2, 0.25) is 0 Å². The van der Waals surface area contributed by atoms with Crippen molar-refractivity contribution in [3.05, 3.63) is 28.7 Å².